The van der Waals surface area contributed by atoms with Crippen LogP contribution in [0.5, 0.6) is 0 Å². The standard InChI is InChI=1S/C52H62F10N10O8/c1-48(2,51(57,58)59)41(67-46(76)78-6)43(74)66-38(22-31-11-8-30(9-12-31)10-13-32-14-15-40(65-25-32)70-18-20-71(21-19-70)50(5)28-80-29-50)39(73)27-72(69-44(75)42(68-47(77)79-7)49(3,4)52(60,61)62)26-34-35(53)23-33(24-36(34)54)37(63)16-17-64-45(55)56/h8-9,11-12,14-17,23-25,38-39,41-42,45,63-64,73H,18-22,26-29H2,1-7H3,(H,66,74)(H,67,76)(H,68,77)(H,69,75)/b17-16-,63-37?/t38-,39-,41+,42+/m0/s1. The Hall–Kier alpha value is -7.22. The zero-order valence-corrected chi connectivity index (χ0v) is 44.5. The van der Waals surface area contributed by atoms with Gasteiger partial charge in [-0.1, -0.05) is 24.0 Å². The largest absolute Gasteiger partial charge is 0.453 e. The molecule has 438 valence electrons. The Kier molecular flexibility index (Phi) is 21.0. The molecule has 2 fully saturated rings. The summed E-state index contributed by atoms with van der Waals surface area (Å²) in [5.41, 5.74) is -5.02. The molecule has 0 radical (unpaired) electrons. The summed E-state index contributed by atoms with van der Waals surface area (Å²) in [7, 11) is 1.59. The molecule has 80 heavy (non-hydrogen) atoms. The van der Waals surface area contributed by atoms with Crippen LogP contribution in [0.3, 0.4) is 0 Å². The van der Waals surface area contributed by atoms with Crippen molar-refractivity contribution in [2.75, 3.05) is 65.1 Å². The first-order chi connectivity index (χ1) is 37.3. The number of amides is 4. The third kappa shape index (κ3) is 16.2. The number of piperazine rings is 1. The number of carbonyl (C=O) groups excluding carboxylic acids is 4. The number of alkyl carbamates (subject to hydrolysis) is 2. The fourth-order valence-corrected chi connectivity index (χ4v) is 8.33. The van der Waals surface area contributed by atoms with Gasteiger partial charge in [0.25, 0.3) is 5.91 Å². The molecule has 28 heteroatoms. The van der Waals surface area contributed by atoms with Gasteiger partial charge in [-0.25, -0.2) is 28.4 Å². The molecular formula is C52H62F10N10O8. The Bertz CT molecular complexity index is 2740. The molecule has 7 N–H and O–H groups in total. The lowest BCUT2D eigenvalue weighted by Gasteiger charge is -2.50. The van der Waals surface area contributed by atoms with Crippen molar-refractivity contribution in [2.24, 2.45) is 10.8 Å². The average Bonchev–Trinajstić information content (AvgIpc) is 3.40. The maximum absolute atomic E-state index is 15.9. The number of hydrogen-bond acceptors (Lipinski definition) is 14. The van der Waals surface area contributed by atoms with Crippen LogP contribution < -0.4 is 31.6 Å². The van der Waals surface area contributed by atoms with Crippen molar-refractivity contribution in [2.45, 2.75) is 96.3 Å². The lowest BCUT2D eigenvalue weighted by molar-refractivity contribution is -0.221. The van der Waals surface area contributed by atoms with Crippen molar-refractivity contribution >= 4 is 35.5 Å². The molecule has 0 bridgehead atoms. The number of anilines is 1. The van der Waals surface area contributed by atoms with Gasteiger partial charge < -0.3 is 50.9 Å². The van der Waals surface area contributed by atoms with Crippen molar-refractivity contribution in [1.29, 1.82) is 5.41 Å². The number of methoxy groups -OCH3 is 2. The summed E-state index contributed by atoms with van der Waals surface area (Å²) < 4.78 is 159. The van der Waals surface area contributed by atoms with Crippen LogP contribution in [-0.2, 0) is 36.8 Å². The van der Waals surface area contributed by atoms with Crippen LogP contribution in [0.4, 0.5) is 59.3 Å². The van der Waals surface area contributed by atoms with Gasteiger partial charge in [-0.15, -0.1) is 0 Å². The van der Waals surface area contributed by atoms with Gasteiger partial charge in [0.15, 0.2) is 0 Å². The predicted molar refractivity (Wildman–Crippen MR) is 270 cm³/mol. The van der Waals surface area contributed by atoms with Crippen LogP contribution in [-0.4, -0.2) is 159 Å². The fraction of sp³-hybridized carbons (Fsp3) is 0.500. The summed E-state index contributed by atoms with van der Waals surface area (Å²) >= 11 is 0. The van der Waals surface area contributed by atoms with Crippen molar-refractivity contribution in [3.05, 3.63) is 106 Å². The second-order valence-corrected chi connectivity index (χ2v) is 20.3. The second kappa shape index (κ2) is 26.4. The number of aliphatic hydroxyl groups is 1. The number of ether oxygens (including phenoxy) is 3. The number of rotatable bonds is 21. The number of pyridine rings is 1. The third-order valence-electron chi connectivity index (χ3n) is 13.8. The molecule has 0 spiro atoms. The first kappa shape index (κ1) is 63.6. The molecular weight excluding hydrogens is 1080 g/mol. The molecule has 2 saturated heterocycles. The number of alkyl halides is 8. The van der Waals surface area contributed by atoms with Crippen LogP contribution in [0.15, 0.2) is 67.0 Å². The zero-order valence-electron chi connectivity index (χ0n) is 44.5. The van der Waals surface area contributed by atoms with Crippen molar-refractivity contribution < 1.29 is 82.4 Å². The number of halogens is 10. The van der Waals surface area contributed by atoms with Gasteiger partial charge in [-0.3, -0.25) is 19.9 Å². The number of carbonyl (C=O) groups is 4. The minimum absolute atomic E-state index is 0.0337. The van der Waals surface area contributed by atoms with E-state index in [9.17, 15) is 59.4 Å². The highest BCUT2D eigenvalue weighted by Gasteiger charge is 2.57. The van der Waals surface area contributed by atoms with Crippen molar-refractivity contribution in [1.82, 2.24) is 41.6 Å². The van der Waals surface area contributed by atoms with Crippen LogP contribution in [0.1, 0.15) is 62.4 Å². The SMILES string of the molecule is COC(=O)N[C@H](C(=O)N[C@@H](Cc1ccc(C#Cc2ccc(N3CCN(C4(C)COC4)CC3)nc2)cc1)[C@@H](O)CN(Cc1c(F)cc(C(=N)/C=C\NC(F)F)cc1F)NC(=O)[C@@H](NC(=O)OC)C(C)(C)C(F)(F)F)C(C)(C)C(F)(F)F. The quantitative estimate of drug-likeness (QED) is 0.0217. The third-order valence-corrected chi connectivity index (χ3v) is 13.8. The Balaban J connectivity index is 1.49. The molecule has 1 aromatic heterocycles. The summed E-state index contributed by atoms with van der Waals surface area (Å²) in [6.45, 7) is 3.63. The highest BCUT2D eigenvalue weighted by Crippen LogP contribution is 2.42. The number of allylic oxidation sites excluding steroid dienone is 1. The molecule has 4 atom stereocenters. The molecule has 2 aromatic carbocycles. The molecule has 18 nitrogen and oxygen atoms in total. The first-order valence-electron chi connectivity index (χ1n) is 24.6. The smallest absolute Gasteiger partial charge is 0.407 e. The number of aliphatic hydroxyl groups excluding tert-OH is 1. The molecule has 2 aliphatic heterocycles. The van der Waals surface area contributed by atoms with Crippen molar-refractivity contribution in [3.63, 3.8) is 0 Å². The van der Waals surface area contributed by atoms with E-state index in [4.69, 9.17) is 10.1 Å². The first-order valence-corrected chi connectivity index (χ1v) is 24.6. The van der Waals surface area contributed by atoms with E-state index in [1.807, 2.05) is 16.8 Å². The van der Waals surface area contributed by atoms with E-state index in [2.05, 4.69) is 48.3 Å². The second-order valence-electron chi connectivity index (χ2n) is 20.3. The Morgan fingerprint density at radius 2 is 1.35 bits per heavy atom. The number of hydrazine groups is 1. The number of benzene rings is 2. The maximum atomic E-state index is 15.9. The van der Waals surface area contributed by atoms with Gasteiger partial charge in [0.2, 0.25) is 5.91 Å². The normalized spacial score (nSPS) is 16.6. The van der Waals surface area contributed by atoms with E-state index in [0.717, 1.165) is 52.3 Å². The fourth-order valence-electron chi connectivity index (χ4n) is 8.33. The number of hydrogen-bond donors (Lipinski definition) is 7. The minimum Gasteiger partial charge on any atom is -0.453 e. The molecule has 4 amide bonds. The maximum Gasteiger partial charge on any atom is 0.407 e. The van der Waals surface area contributed by atoms with E-state index < -0.39 is 126 Å². The Morgan fingerprint density at radius 3 is 1.82 bits per heavy atom. The van der Waals surface area contributed by atoms with Crippen LogP contribution >= 0.6 is 0 Å². The van der Waals surface area contributed by atoms with E-state index in [1.54, 1.807) is 22.9 Å². The van der Waals surface area contributed by atoms with E-state index in [-0.39, 0.29) is 11.1 Å². The van der Waals surface area contributed by atoms with Gasteiger partial charge in [0, 0.05) is 73.9 Å². The predicted octanol–water partition coefficient (Wildman–Crippen LogP) is 5.91. The van der Waals surface area contributed by atoms with Gasteiger partial charge in [-0.05, 0) is 89.1 Å². The van der Waals surface area contributed by atoms with Gasteiger partial charge >= 0.3 is 31.1 Å². The molecule has 2 aliphatic rings. The van der Waals surface area contributed by atoms with E-state index in [1.165, 1.54) is 24.3 Å². The molecule has 3 aromatic rings. The monoisotopic (exact) mass is 1140 g/mol. The van der Waals surface area contributed by atoms with Gasteiger partial charge in [0.1, 0.15) is 29.5 Å². The van der Waals surface area contributed by atoms with Gasteiger partial charge in [0.05, 0.1) is 61.7 Å². The number of nitrogens with zero attached hydrogens (tertiary/aromatic N) is 4. The minimum atomic E-state index is -5.24. The molecule has 0 unspecified atom stereocenters. The number of aromatic nitrogens is 1. The molecule has 0 saturated carbocycles. The lowest BCUT2D eigenvalue weighted by atomic mass is 9.82. The van der Waals surface area contributed by atoms with E-state index >= 15 is 8.78 Å². The van der Waals surface area contributed by atoms with E-state index in [0.29, 0.717) is 75.4 Å². The molecule has 3 heterocycles. The summed E-state index contributed by atoms with van der Waals surface area (Å²) in [5, 5.41) is 28.0. The van der Waals surface area contributed by atoms with Crippen LogP contribution in [0.2, 0.25) is 0 Å². The summed E-state index contributed by atoms with van der Waals surface area (Å²) in [6.07, 6.45) is -13.1. The Labute approximate surface area is 454 Å². The highest BCUT2D eigenvalue weighted by molar-refractivity contribution is 6.06. The molecule has 0 aliphatic carbocycles. The summed E-state index contributed by atoms with van der Waals surface area (Å²) in [6, 6.07) is 3.98. The molecule has 5 rings (SSSR count). The number of nitrogens with one attached hydrogen (secondary N) is 6. The Morgan fingerprint density at radius 1 is 0.825 bits per heavy atom. The average molecular weight is 1150 g/mol. The topological polar surface area (TPSA) is 223 Å². The summed E-state index contributed by atoms with van der Waals surface area (Å²) in [5.74, 6) is 0.561. The zero-order chi connectivity index (χ0) is 59.5. The van der Waals surface area contributed by atoms with Crippen LogP contribution in [0, 0.1) is 39.7 Å². The van der Waals surface area contributed by atoms with Gasteiger partial charge in [-0.2, -0.15) is 35.1 Å². The highest BCUT2D eigenvalue weighted by atomic mass is 19.4. The summed E-state index contributed by atoms with van der Waals surface area (Å²) in [4.78, 5) is 61.9. The van der Waals surface area contributed by atoms with Crippen LogP contribution in [0.25, 0.3) is 0 Å². The van der Waals surface area contributed by atoms with Crippen molar-refractivity contribution in [3.8, 4) is 11.8 Å². The lowest BCUT2D eigenvalue weighted by Crippen LogP contribution is -2.64.